The van der Waals surface area contributed by atoms with Crippen LogP contribution in [0.15, 0.2) is 11.7 Å². The predicted octanol–water partition coefficient (Wildman–Crippen LogP) is 0.822. The van der Waals surface area contributed by atoms with Gasteiger partial charge in [-0.15, -0.1) is 11.3 Å². The molecule has 0 aromatic carbocycles. The summed E-state index contributed by atoms with van der Waals surface area (Å²) in [6.07, 6.45) is 3.67. The molecule has 1 saturated heterocycles. The number of nitrogens with one attached hydrogen (secondary N) is 1. The predicted molar refractivity (Wildman–Crippen MR) is 46.9 cm³/mol. The van der Waals surface area contributed by atoms with Crippen LogP contribution < -0.4 is 5.32 Å². The maximum absolute atomic E-state index is 11.2. The van der Waals surface area contributed by atoms with Gasteiger partial charge in [0.15, 0.2) is 0 Å². The van der Waals surface area contributed by atoms with Crippen LogP contribution >= 0.6 is 11.3 Å². The van der Waals surface area contributed by atoms with Crippen LogP contribution in [-0.2, 0) is 11.2 Å². The van der Waals surface area contributed by atoms with E-state index in [-0.39, 0.29) is 11.8 Å². The number of rotatable bonds is 2. The van der Waals surface area contributed by atoms with Gasteiger partial charge in [0, 0.05) is 23.5 Å². The first-order valence-electron chi connectivity index (χ1n) is 4.01. The summed E-state index contributed by atoms with van der Waals surface area (Å²) in [7, 11) is 0. The van der Waals surface area contributed by atoms with E-state index in [0.29, 0.717) is 0 Å². The standard InChI is InChI=1S/C8H10N2OS/c11-8-6(1-2-10-8)3-7-4-9-5-12-7/h4-6H,1-3H2,(H,10,11). The number of amides is 1. The molecule has 1 aliphatic heterocycles. The summed E-state index contributed by atoms with van der Waals surface area (Å²) in [5.41, 5.74) is 1.81. The Kier molecular flexibility index (Phi) is 2.08. The highest BCUT2D eigenvalue weighted by atomic mass is 32.1. The van der Waals surface area contributed by atoms with E-state index < -0.39 is 0 Å². The van der Waals surface area contributed by atoms with Gasteiger partial charge in [0.2, 0.25) is 5.91 Å². The number of carbonyl (C=O) groups excluding carboxylic acids is 1. The fraction of sp³-hybridized carbons (Fsp3) is 0.500. The highest BCUT2D eigenvalue weighted by Crippen LogP contribution is 2.18. The van der Waals surface area contributed by atoms with Crippen molar-refractivity contribution in [2.24, 2.45) is 5.92 Å². The Labute approximate surface area is 74.8 Å². The second-order valence-corrected chi connectivity index (χ2v) is 3.92. The van der Waals surface area contributed by atoms with Gasteiger partial charge in [0.25, 0.3) is 0 Å². The number of carbonyl (C=O) groups is 1. The fourth-order valence-electron chi connectivity index (χ4n) is 1.43. The maximum atomic E-state index is 11.2. The molecule has 1 aromatic heterocycles. The van der Waals surface area contributed by atoms with Crippen LogP contribution in [0.2, 0.25) is 0 Å². The van der Waals surface area contributed by atoms with Crippen molar-refractivity contribution in [2.45, 2.75) is 12.8 Å². The number of aromatic nitrogens is 1. The van der Waals surface area contributed by atoms with E-state index in [1.165, 1.54) is 4.88 Å². The minimum atomic E-state index is 0.186. The van der Waals surface area contributed by atoms with E-state index in [2.05, 4.69) is 10.3 Å². The van der Waals surface area contributed by atoms with Crippen molar-refractivity contribution >= 4 is 17.2 Å². The van der Waals surface area contributed by atoms with Gasteiger partial charge >= 0.3 is 0 Å². The lowest BCUT2D eigenvalue weighted by Gasteiger charge is -2.02. The maximum Gasteiger partial charge on any atom is 0.223 e. The Bertz CT molecular complexity index is 271. The molecule has 0 aliphatic carbocycles. The first kappa shape index (κ1) is 7.73. The molecule has 1 atom stereocenters. The van der Waals surface area contributed by atoms with Crippen LogP contribution in [0.5, 0.6) is 0 Å². The van der Waals surface area contributed by atoms with Crippen LogP contribution in [0.4, 0.5) is 0 Å². The highest BCUT2D eigenvalue weighted by molar-refractivity contribution is 7.09. The molecule has 0 bridgehead atoms. The van der Waals surface area contributed by atoms with Crippen LogP contribution in [-0.4, -0.2) is 17.4 Å². The largest absolute Gasteiger partial charge is 0.356 e. The summed E-state index contributed by atoms with van der Waals surface area (Å²) in [5, 5.41) is 2.83. The summed E-state index contributed by atoms with van der Waals surface area (Å²) in [6.45, 7) is 0.836. The van der Waals surface area contributed by atoms with Crippen molar-refractivity contribution in [3.05, 3.63) is 16.6 Å². The number of nitrogens with zero attached hydrogens (tertiary/aromatic N) is 1. The van der Waals surface area contributed by atoms with Gasteiger partial charge in [0.05, 0.1) is 5.51 Å². The quantitative estimate of drug-likeness (QED) is 0.735. The second kappa shape index (κ2) is 3.23. The monoisotopic (exact) mass is 182 g/mol. The van der Waals surface area contributed by atoms with Gasteiger partial charge in [-0.05, 0) is 12.8 Å². The zero-order valence-electron chi connectivity index (χ0n) is 6.62. The molecular formula is C8H10N2OS. The molecule has 2 rings (SSSR count). The molecule has 12 heavy (non-hydrogen) atoms. The molecule has 1 aliphatic rings. The van der Waals surface area contributed by atoms with Gasteiger partial charge in [-0.1, -0.05) is 0 Å². The first-order valence-corrected chi connectivity index (χ1v) is 4.89. The van der Waals surface area contributed by atoms with Crippen LogP contribution in [0, 0.1) is 5.92 Å². The zero-order valence-corrected chi connectivity index (χ0v) is 7.43. The lowest BCUT2D eigenvalue weighted by atomic mass is 10.0. The average Bonchev–Trinajstić information content (AvgIpc) is 2.65. The normalized spacial score (nSPS) is 22.7. The molecular weight excluding hydrogens is 172 g/mol. The SMILES string of the molecule is O=C1NCCC1Cc1cncs1. The van der Waals surface area contributed by atoms with Crippen molar-refractivity contribution in [3.63, 3.8) is 0 Å². The molecule has 4 heteroatoms. The van der Waals surface area contributed by atoms with Gasteiger partial charge in [-0.2, -0.15) is 0 Å². The topological polar surface area (TPSA) is 42.0 Å². The van der Waals surface area contributed by atoms with Gasteiger partial charge in [0.1, 0.15) is 0 Å². The van der Waals surface area contributed by atoms with Crippen molar-refractivity contribution < 1.29 is 4.79 Å². The van der Waals surface area contributed by atoms with E-state index in [9.17, 15) is 4.79 Å². The molecule has 2 heterocycles. The molecule has 0 spiro atoms. The smallest absolute Gasteiger partial charge is 0.223 e. The third-order valence-corrected chi connectivity index (χ3v) is 2.90. The van der Waals surface area contributed by atoms with Gasteiger partial charge in [-0.3, -0.25) is 9.78 Å². The molecule has 3 nitrogen and oxygen atoms in total. The molecule has 64 valence electrons. The number of thiazole rings is 1. The molecule has 1 unspecified atom stereocenters. The van der Waals surface area contributed by atoms with Crippen molar-refractivity contribution in [1.29, 1.82) is 0 Å². The Balaban J connectivity index is 1.99. The molecule has 1 N–H and O–H groups in total. The molecule has 1 fully saturated rings. The lowest BCUT2D eigenvalue weighted by Crippen LogP contribution is -2.20. The summed E-state index contributed by atoms with van der Waals surface area (Å²) in [4.78, 5) is 16.4. The van der Waals surface area contributed by atoms with Crippen molar-refractivity contribution in [1.82, 2.24) is 10.3 Å². The first-order chi connectivity index (χ1) is 5.86. The molecule has 0 saturated carbocycles. The minimum Gasteiger partial charge on any atom is -0.356 e. The Morgan fingerprint density at radius 1 is 1.75 bits per heavy atom. The minimum absolute atomic E-state index is 0.186. The van der Waals surface area contributed by atoms with Crippen molar-refractivity contribution in [2.75, 3.05) is 6.54 Å². The van der Waals surface area contributed by atoms with E-state index >= 15 is 0 Å². The third kappa shape index (κ3) is 1.48. The Hall–Kier alpha value is -0.900. The summed E-state index contributed by atoms with van der Waals surface area (Å²) >= 11 is 1.62. The number of hydrogen-bond acceptors (Lipinski definition) is 3. The molecule has 1 amide bonds. The van der Waals surface area contributed by atoms with Crippen LogP contribution in [0.3, 0.4) is 0 Å². The average molecular weight is 182 g/mol. The van der Waals surface area contributed by atoms with Crippen LogP contribution in [0.25, 0.3) is 0 Å². The van der Waals surface area contributed by atoms with E-state index in [1.54, 1.807) is 11.3 Å². The highest BCUT2D eigenvalue weighted by Gasteiger charge is 2.24. The van der Waals surface area contributed by atoms with E-state index in [0.717, 1.165) is 19.4 Å². The van der Waals surface area contributed by atoms with Crippen LogP contribution in [0.1, 0.15) is 11.3 Å². The number of hydrogen-bond donors (Lipinski definition) is 1. The summed E-state index contributed by atoms with van der Waals surface area (Å²) in [5.74, 6) is 0.383. The fourth-order valence-corrected chi connectivity index (χ4v) is 2.10. The third-order valence-electron chi connectivity index (χ3n) is 2.09. The van der Waals surface area contributed by atoms with E-state index in [4.69, 9.17) is 0 Å². The summed E-state index contributed by atoms with van der Waals surface area (Å²) < 4.78 is 0. The Morgan fingerprint density at radius 2 is 2.67 bits per heavy atom. The van der Waals surface area contributed by atoms with Gasteiger partial charge < -0.3 is 5.32 Å². The zero-order chi connectivity index (χ0) is 8.39. The van der Waals surface area contributed by atoms with E-state index in [1.807, 2.05) is 11.7 Å². The second-order valence-electron chi connectivity index (χ2n) is 2.95. The summed E-state index contributed by atoms with van der Waals surface area (Å²) in [6, 6.07) is 0. The van der Waals surface area contributed by atoms with Gasteiger partial charge in [-0.25, -0.2) is 0 Å². The molecule has 0 radical (unpaired) electrons. The Morgan fingerprint density at radius 3 is 3.25 bits per heavy atom. The molecule has 1 aromatic rings. The lowest BCUT2D eigenvalue weighted by molar-refractivity contribution is -0.122. The van der Waals surface area contributed by atoms with Crippen molar-refractivity contribution in [3.8, 4) is 0 Å².